The van der Waals surface area contributed by atoms with Crippen LogP contribution in [0, 0.1) is 11.6 Å². The average molecular weight is 509 g/mol. The number of nitrogens with two attached hydrogens (primary N) is 2. The van der Waals surface area contributed by atoms with E-state index in [4.69, 9.17) is 16.2 Å². The highest BCUT2D eigenvalue weighted by molar-refractivity contribution is 5.81. The standard InChI is InChI=1S/C26H30F2N8O/c1-3-37-16(2)26(30)7-4-8-35(13-26)22-11-31-21(17-5-6-19(27)20(28)9-17)10-18(22)12-36-15-34-23-24(29)32-14-33-25(23)36/h5-6,9-11,14-16H,3-4,7-8,12-13,30H2,1-2H3,(H2,29,32,33)/t16-,26?/m1/s1. The molecule has 3 aromatic heterocycles. The number of nitrogens with zero attached hydrogens (tertiary/aromatic N) is 6. The smallest absolute Gasteiger partial charge is 0.165 e. The first-order chi connectivity index (χ1) is 17.8. The zero-order chi connectivity index (χ0) is 26.2. The van der Waals surface area contributed by atoms with Crippen LogP contribution in [0.1, 0.15) is 32.3 Å². The second-order valence-electron chi connectivity index (χ2n) is 9.49. The maximum Gasteiger partial charge on any atom is 0.165 e. The second kappa shape index (κ2) is 9.98. The van der Waals surface area contributed by atoms with Crippen LogP contribution in [0.4, 0.5) is 20.3 Å². The third-order valence-electron chi connectivity index (χ3n) is 7.07. The number of pyridine rings is 1. The number of benzene rings is 1. The van der Waals surface area contributed by atoms with E-state index < -0.39 is 17.2 Å². The minimum atomic E-state index is -0.924. The molecule has 4 N–H and O–H groups in total. The van der Waals surface area contributed by atoms with Gasteiger partial charge in [-0.15, -0.1) is 0 Å². The fraction of sp³-hybridized carbons (Fsp3) is 0.385. The summed E-state index contributed by atoms with van der Waals surface area (Å²) in [5.74, 6) is -1.53. The Bertz CT molecular complexity index is 1430. The van der Waals surface area contributed by atoms with Gasteiger partial charge in [-0.3, -0.25) is 4.98 Å². The first-order valence-electron chi connectivity index (χ1n) is 12.3. The number of rotatable bonds is 7. The topological polar surface area (TPSA) is 121 Å². The summed E-state index contributed by atoms with van der Waals surface area (Å²) in [5.41, 5.74) is 16.2. The molecule has 5 rings (SSSR count). The molecule has 9 nitrogen and oxygen atoms in total. The van der Waals surface area contributed by atoms with Crippen molar-refractivity contribution in [1.82, 2.24) is 24.5 Å². The third-order valence-corrected chi connectivity index (χ3v) is 7.07. The van der Waals surface area contributed by atoms with E-state index in [1.165, 1.54) is 12.4 Å². The highest BCUT2D eigenvalue weighted by atomic mass is 19.2. The van der Waals surface area contributed by atoms with Gasteiger partial charge in [-0.05, 0) is 56.5 Å². The normalized spacial score (nSPS) is 18.9. The lowest BCUT2D eigenvalue weighted by molar-refractivity contribution is 0.0125. The number of hydrogen-bond acceptors (Lipinski definition) is 8. The molecular formula is C26H30F2N8O. The van der Waals surface area contributed by atoms with Crippen LogP contribution in [0.3, 0.4) is 0 Å². The summed E-state index contributed by atoms with van der Waals surface area (Å²) in [7, 11) is 0. The van der Waals surface area contributed by atoms with Crippen molar-refractivity contribution < 1.29 is 13.5 Å². The molecule has 4 heterocycles. The zero-order valence-corrected chi connectivity index (χ0v) is 20.9. The average Bonchev–Trinajstić information content (AvgIpc) is 3.30. The van der Waals surface area contributed by atoms with Crippen LogP contribution >= 0.6 is 0 Å². The van der Waals surface area contributed by atoms with Crippen LogP contribution in [0.25, 0.3) is 22.4 Å². The lowest BCUT2D eigenvalue weighted by Gasteiger charge is -2.45. The van der Waals surface area contributed by atoms with E-state index in [0.717, 1.165) is 42.8 Å². The molecule has 1 aliphatic rings. The Hall–Kier alpha value is -3.70. The fourth-order valence-corrected chi connectivity index (χ4v) is 4.98. The number of imidazole rings is 1. The molecule has 1 aromatic carbocycles. The summed E-state index contributed by atoms with van der Waals surface area (Å²) in [5, 5.41) is 0. The van der Waals surface area contributed by atoms with Gasteiger partial charge in [0.15, 0.2) is 23.1 Å². The summed E-state index contributed by atoms with van der Waals surface area (Å²) in [6.45, 7) is 6.36. The van der Waals surface area contributed by atoms with E-state index in [-0.39, 0.29) is 6.10 Å². The number of anilines is 2. The van der Waals surface area contributed by atoms with Gasteiger partial charge in [0.25, 0.3) is 0 Å². The first-order valence-corrected chi connectivity index (χ1v) is 12.3. The van der Waals surface area contributed by atoms with E-state index in [9.17, 15) is 8.78 Å². The Balaban J connectivity index is 1.56. The number of fused-ring (bicyclic) bond motifs is 1. The van der Waals surface area contributed by atoms with Crippen molar-refractivity contribution in [3.8, 4) is 11.3 Å². The second-order valence-corrected chi connectivity index (χ2v) is 9.49. The molecule has 2 atom stereocenters. The molecule has 1 unspecified atom stereocenters. The quantitative estimate of drug-likeness (QED) is 0.389. The van der Waals surface area contributed by atoms with Crippen LogP contribution in [0.2, 0.25) is 0 Å². The van der Waals surface area contributed by atoms with Crippen LogP contribution in [0.15, 0.2) is 43.1 Å². The maximum absolute atomic E-state index is 14.0. The predicted octanol–water partition coefficient (Wildman–Crippen LogP) is 3.52. The lowest BCUT2D eigenvalue weighted by Crippen LogP contribution is -2.61. The van der Waals surface area contributed by atoms with Gasteiger partial charge >= 0.3 is 0 Å². The van der Waals surface area contributed by atoms with Crippen molar-refractivity contribution in [3.05, 3.63) is 60.3 Å². The van der Waals surface area contributed by atoms with Gasteiger partial charge in [-0.25, -0.2) is 23.7 Å². The van der Waals surface area contributed by atoms with Gasteiger partial charge in [0.2, 0.25) is 0 Å². The Labute approximate surface area is 213 Å². The molecule has 0 radical (unpaired) electrons. The molecule has 0 bridgehead atoms. The number of aromatic nitrogens is 5. The Morgan fingerprint density at radius 3 is 2.76 bits per heavy atom. The minimum absolute atomic E-state index is 0.115. The molecule has 0 amide bonds. The van der Waals surface area contributed by atoms with Gasteiger partial charge in [0.05, 0.1) is 42.1 Å². The molecule has 0 aliphatic carbocycles. The zero-order valence-electron chi connectivity index (χ0n) is 20.9. The Morgan fingerprint density at radius 2 is 1.97 bits per heavy atom. The molecule has 0 spiro atoms. The third kappa shape index (κ3) is 4.84. The van der Waals surface area contributed by atoms with Crippen molar-refractivity contribution in [2.24, 2.45) is 5.73 Å². The van der Waals surface area contributed by atoms with E-state index >= 15 is 0 Å². The largest absolute Gasteiger partial charge is 0.382 e. The molecule has 0 saturated carbocycles. The summed E-state index contributed by atoms with van der Waals surface area (Å²) in [6, 6.07) is 5.65. The van der Waals surface area contributed by atoms with Crippen LogP contribution < -0.4 is 16.4 Å². The molecular weight excluding hydrogens is 478 g/mol. The monoisotopic (exact) mass is 508 g/mol. The molecule has 1 aliphatic heterocycles. The van der Waals surface area contributed by atoms with Crippen LogP contribution in [-0.2, 0) is 11.3 Å². The van der Waals surface area contributed by atoms with Crippen LogP contribution in [0.5, 0.6) is 0 Å². The number of piperidine rings is 1. The van der Waals surface area contributed by atoms with E-state index in [2.05, 4.69) is 24.8 Å². The molecule has 1 saturated heterocycles. The lowest BCUT2D eigenvalue weighted by atomic mass is 9.85. The van der Waals surface area contributed by atoms with Gasteiger partial charge in [0.1, 0.15) is 11.8 Å². The van der Waals surface area contributed by atoms with Crippen molar-refractivity contribution in [2.45, 2.75) is 44.9 Å². The van der Waals surface area contributed by atoms with Gasteiger partial charge in [-0.1, -0.05) is 0 Å². The van der Waals surface area contributed by atoms with Crippen molar-refractivity contribution in [2.75, 3.05) is 30.3 Å². The van der Waals surface area contributed by atoms with Crippen molar-refractivity contribution in [1.29, 1.82) is 0 Å². The van der Waals surface area contributed by atoms with E-state index in [1.807, 2.05) is 24.5 Å². The van der Waals surface area contributed by atoms with Gasteiger partial charge in [-0.2, -0.15) is 0 Å². The van der Waals surface area contributed by atoms with Crippen LogP contribution in [-0.4, -0.2) is 55.8 Å². The Kier molecular flexibility index (Phi) is 6.74. The number of hydrogen-bond donors (Lipinski definition) is 2. The van der Waals surface area contributed by atoms with Crippen molar-refractivity contribution >= 4 is 22.7 Å². The molecule has 1 fully saturated rings. The summed E-state index contributed by atoms with van der Waals surface area (Å²) >= 11 is 0. The highest BCUT2D eigenvalue weighted by Crippen LogP contribution is 2.33. The fourth-order valence-electron chi connectivity index (χ4n) is 4.98. The predicted molar refractivity (Wildman–Crippen MR) is 138 cm³/mol. The number of halogens is 2. The van der Waals surface area contributed by atoms with E-state index in [0.29, 0.717) is 47.9 Å². The number of nitrogen functional groups attached to an aromatic ring is 1. The summed E-state index contributed by atoms with van der Waals surface area (Å²) in [6.07, 6.45) is 6.47. The van der Waals surface area contributed by atoms with E-state index in [1.54, 1.807) is 12.5 Å². The number of ether oxygens (including phenoxy) is 1. The summed E-state index contributed by atoms with van der Waals surface area (Å²) in [4.78, 5) is 19.6. The summed E-state index contributed by atoms with van der Waals surface area (Å²) < 4.78 is 35.3. The molecule has 4 aromatic rings. The first kappa shape index (κ1) is 25.0. The molecule has 37 heavy (non-hydrogen) atoms. The molecule has 11 heteroatoms. The highest BCUT2D eigenvalue weighted by Gasteiger charge is 2.38. The van der Waals surface area contributed by atoms with Gasteiger partial charge in [0, 0.05) is 25.3 Å². The minimum Gasteiger partial charge on any atom is -0.382 e. The van der Waals surface area contributed by atoms with Gasteiger partial charge < -0.3 is 25.7 Å². The maximum atomic E-state index is 14.0. The molecule has 194 valence electrons. The van der Waals surface area contributed by atoms with Crippen molar-refractivity contribution in [3.63, 3.8) is 0 Å². The SMILES string of the molecule is CCO[C@H](C)C1(N)CCCN(c2cnc(-c3ccc(F)c(F)c3)cc2Cn2cnc3c(N)ncnc32)C1. The Morgan fingerprint density at radius 1 is 1.14 bits per heavy atom.